The van der Waals surface area contributed by atoms with Crippen LogP contribution >= 0.6 is 0 Å². The van der Waals surface area contributed by atoms with Gasteiger partial charge in [0.15, 0.2) is 18.1 Å². The molecule has 0 bridgehead atoms. The Labute approximate surface area is 141 Å². The van der Waals surface area contributed by atoms with Gasteiger partial charge in [-0.15, -0.1) is 0 Å². The molecular weight excluding hydrogens is 314 g/mol. The van der Waals surface area contributed by atoms with Gasteiger partial charge in [0.05, 0.1) is 12.7 Å². The zero-order valence-corrected chi connectivity index (χ0v) is 14.4. The number of hydrogen-bond acceptors (Lipinski definition) is 6. The van der Waals surface area contributed by atoms with E-state index in [1.165, 1.54) is 19.2 Å². The van der Waals surface area contributed by atoms with Gasteiger partial charge in [-0.1, -0.05) is 13.8 Å². The van der Waals surface area contributed by atoms with E-state index in [2.05, 4.69) is 5.32 Å². The van der Waals surface area contributed by atoms with Crippen LogP contribution in [0.1, 0.15) is 31.1 Å². The molecular formula is C17H23NO6. The first-order valence-corrected chi connectivity index (χ1v) is 7.86. The zero-order valence-electron chi connectivity index (χ0n) is 14.4. The third kappa shape index (κ3) is 4.31. The van der Waals surface area contributed by atoms with Crippen molar-refractivity contribution in [3.8, 4) is 17.2 Å². The van der Waals surface area contributed by atoms with Gasteiger partial charge in [-0.25, -0.2) is 4.79 Å². The number of carbonyl (C=O) groups is 2. The maximum Gasteiger partial charge on any atom is 0.338 e. The fourth-order valence-corrected chi connectivity index (χ4v) is 2.07. The molecule has 1 aliphatic heterocycles. The number of nitrogens with one attached hydrogen (secondary N) is 1. The van der Waals surface area contributed by atoms with E-state index in [1.54, 1.807) is 0 Å². The van der Waals surface area contributed by atoms with Crippen molar-refractivity contribution in [3.63, 3.8) is 0 Å². The highest BCUT2D eigenvalue weighted by molar-refractivity contribution is 5.92. The standard InChI is InChI=1S/C17H23NO6/c1-10(2)11(3)18-15(19)9-24-17(20)12-7-13(21-4)16-14(8-12)22-5-6-23-16/h7-8,10-11H,5-6,9H2,1-4H3,(H,18,19)/t11-/m1/s1. The average molecular weight is 337 g/mol. The predicted octanol–water partition coefficient (Wildman–Crippen LogP) is 1.78. The number of esters is 1. The van der Waals surface area contributed by atoms with Crippen LogP contribution < -0.4 is 19.5 Å². The Bertz CT molecular complexity index is 596. The molecule has 24 heavy (non-hydrogen) atoms. The van der Waals surface area contributed by atoms with Crippen LogP contribution in [0.5, 0.6) is 17.2 Å². The second-order valence-corrected chi connectivity index (χ2v) is 5.88. The molecule has 1 heterocycles. The Morgan fingerprint density at radius 3 is 2.58 bits per heavy atom. The third-order valence-corrected chi connectivity index (χ3v) is 3.79. The highest BCUT2D eigenvalue weighted by Gasteiger charge is 2.22. The first-order chi connectivity index (χ1) is 11.4. The van der Waals surface area contributed by atoms with Crippen LogP contribution in [-0.2, 0) is 9.53 Å². The summed E-state index contributed by atoms with van der Waals surface area (Å²) in [6, 6.07) is 3.03. The lowest BCUT2D eigenvalue weighted by Crippen LogP contribution is -2.38. The number of methoxy groups -OCH3 is 1. The van der Waals surface area contributed by atoms with Gasteiger partial charge in [-0.2, -0.15) is 0 Å². The molecule has 2 rings (SSSR count). The number of hydrogen-bond donors (Lipinski definition) is 1. The van der Waals surface area contributed by atoms with E-state index < -0.39 is 5.97 Å². The first kappa shape index (κ1) is 17.9. The van der Waals surface area contributed by atoms with Gasteiger partial charge < -0.3 is 24.3 Å². The molecule has 0 unspecified atom stereocenters. The molecule has 7 heteroatoms. The van der Waals surface area contributed by atoms with Crippen molar-refractivity contribution in [1.29, 1.82) is 0 Å². The molecule has 0 radical (unpaired) electrons. The average Bonchev–Trinajstić information content (AvgIpc) is 2.58. The van der Waals surface area contributed by atoms with Crippen molar-refractivity contribution in [3.05, 3.63) is 17.7 Å². The lowest BCUT2D eigenvalue weighted by Gasteiger charge is -2.21. The van der Waals surface area contributed by atoms with E-state index in [0.29, 0.717) is 36.4 Å². The molecule has 132 valence electrons. The van der Waals surface area contributed by atoms with E-state index in [0.717, 1.165) is 0 Å². The lowest BCUT2D eigenvalue weighted by molar-refractivity contribution is -0.125. The van der Waals surface area contributed by atoms with Crippen LogP contribution in [0.25, 0.3) is 0 Å². The number of ether oxygens (including phenoxy) is 4. The first-order valence-electron chi connectivity index (χ1n) is 7.86. The van der Waals surface area contributed by atoms with Gasteiger partial charge in [0, 0.05) is 6.04 Å². The molecule has 1 aromatic carbocycles. The van der Waals surface area contributed by atoms with E-state index in [1.807, 2.05) is 20.8 Å². The van der Waals surface area contributed by atoms with E-state index in [9.17, 15) is 9.59 Å². The maximum atomic E-state index is 12.2. The van der Waals surface area contributed by atoms with Crippen LogP contribution in [0, 0.1) is 5.92 Å². The molecule has 1 atom stereocenters. The minimum atomic E-state index is -0.627. The van der Waals surface area contributed by atoms with Crippen LogP contribution in [0.3, 0.4) is 0 Å². The summed E-state index contributed by atoms with van der Waals surface area (Å²) in [5.41, 5.74) is 0.237. The van der Waals surface area contributed by atoms with Crippen LogP contribution in [-0.4, -0.2) is 44.8 Å². The summed E-state index contributed by atoms with van der Waals surface area (Å²) in [7, 11) is 1.48. The summed E-state index contributed by atoms with van der Waals surface area (Å²) in [5, 5.41) is 2.77. The number of amides is 1. The minimum absolute atomic E-state index is 0.00518. The Morgan fingerprint density at radius 1 is 1.21 bits per heavy atom. The zero-order chi connectivity index (χ0) is 17.7. The van der Waals surface area contributed by atoms with Gasteiger partial charge in [0.25, 0.3) is 5.91 Å². The smallest absolute Gasteiger partial charge is 0.338 e. The third-order valence-electron chi connectivity index (χ3n) is 3.79. The van der Waals surface area contributed by atoms with Gasteiger partial charge in [-0.3, -0.25) is 4.79 Å². The highest BCUT2D eigenvalue weighted by atomic mass is 16.6. The molecule has 0 saturated carbocycles. The van der Waals surface area contributed by atoms with Crippen LogP contribution in [0.2, 0.25) is 0 Å². The van der Waals surface area contributed by atoms with E-state index >= 15 is 0 Å². The molecule has 1 aliphatic rings. The lowest BCUT2D eigenvalue weighted by atomic mass is 10.1. The molecule has 0 saturated heterocycles. The van der Waals surface area contributed by atoms with Crippen molar-refractivity contribution in [1.82, 2.24) is 5.32 Å². The summed E-state index contributed by atoms with van der Waals surface area (Å²) in [4.78, 5) is 24.0. The highest BCUT2D eigenvalue weighted by Crippen LogP contribution is 2.40. The van der Waals surface area contributed by atoms with E-state index in [-0.39, 0.29) is 24.1 Å². The SMILES string of the molecule is COc1cc(C(=O)OCC(=O)N[C@H](C)C(C)C)cc2c1OCCO2. The molecule has 1 aromatic rings. The fraction of sp³-hybridized carbons (Fsp3) is 0.529. The van der Waals surface area contributed by atoms with Crippen molar-refractivity contribution in [2.45, 2.75) is 26.8 Å². The monoisotopic (exact) mass is 337 g/mol. The normalized spacial score (nSPS) is 14.0. The Kier molecular flexibility index (Phi) is 5.89. The molecule has 1 N–H and O–H groups in total. The molecule has 1 amide bonds. The summed E-state index contributed by atoms with van der Waals surface area (Å²) >= 11 is 0. The second-order valence-electron chi connectivity index (χ2n) is 5.88. The summed E-state index contributed by atoms with van der Waals surface area (Å²) in [5.74, 6) is 0.602. The number of benzene rings is 1. The topological polar surface area (TPSA) is 83.1 Å². The second kappa shape index (κ2) is 7.90. The number of carbonyl (C=O) groups excluding carboxylic acids is 2. The van der Waals surface area contributed by atoms with Crippen LogP contribution in [0.15, 0.2) is 12.1 Å². The summed E-state index contributed by atoms with van der Waals surface area (Å²) in [6.07, 6.45) is 0. The fourth-order valence-electron chi connectivity index (χ4n) is 2.07. The van der Waals surface area contributed by atoms with Crippen molar-refractivity contribution in [2.24, 2.45) is 5.92 Å². The molecule has 7 nitrogen and oxygen atoms in total. The van der Waals surface area contributed by atoms with Gasteiger partial charge in [-0.05, 0) is 25.0 Å². The Balaban J connectivity index is 2.01. The largest absolute Gasteiger partial charge is 0.493 e. The predicted molar refractivity (Wildman–Crippen MR) is 86.7 cm³/mol. The van der Waals surface area contributed by atoms with Crippen LogP contribution in [0.4, 0.5) is 0 Å². The summed E-state index contributed by atoms with van der Waals surface area (Å²) in [6.45, 7) is 6.37. The van der Waals surface area contributed by atoms with Crippen molar-refractivity contribution in [2.75, 3.05) is 26.9 Å². The van der Waals surface area contributed by atoms with Gasteiger partial charge in [0.1, 0.15) is 13.2 Å². The molecule has 0 fully saturated rings. The quantitative estimate of drug-likeness (QED) is 0.797. The van der Waals surface area contributed by atoms with Crippen molar-refractivity contribution >= 4 is 11.9 Å². The van der Waals surface area contributed by atoms with Gasteiger partial charge in [0.2, 0.25) is 5.75 Å². The van der Waals surface area contributed by atoms with E-state index in [4.69, 9.17) is 18.9 Å². The van der Waals surface area contributed by atoms with Crippen molar-refractivity contribution < 1.29 is 28.5 Å². The maximum absolute atomic E-state index is 12.2. The molecule has 0 aromatic heterocycles. The van der Waals surface area contributed by atoms with Gasteiger partial charge >= 0.3 is 5.97 Å². The number of fused-ring (bicyclic) bond motifs is 1. The molecule has 0 aliphatic carbocycles. The molecule has 0 spiro atoms. The number of rotatable bonds is 6. The Morgan fingerprint density at radius 2 is 1.92 bits per heavy atom. The minimum Gasteiger partial charge on any atom is -0.493 e. The summed E-state index contributed by atoms with van der Waals surface area (Å²) < 4.78 is 21.2. The Hall–Kier alpha value is -2.44.